The molecule has 0 saturated carbocycles. The summed E-state index contributed by atoms with van der Waals surface area (Å²) in [6.07, 6.45) is -0.292. The standard InChI is InChI=1S/C16H18N2O4/c1-10(2)11-3-5-13(6-4-11)22-9-14-17-12(8-16(20)21)7-15(19)18-14/h3-7,10H,8-9H2,1-2H3,(H,20,21)(H,17,18,19). The summed E-state index contributed by atoms with van der Waals surface area (Å²) >= 11 is 0. The van der Waals surface area contributed by atoms with E-state index in [1.165, 1.54) is 11.6 Å². The number of ether oxygens (including phenoxy) is 1. The van der Waals surface area contributed by atoms with Gasteiger partial charge in [0.05, 0.1) is 12.1 Å². The summed E-state index contributed by atoms with van der Waals surface area (Å²) < 4.78 is 5.56. The van der Waals surface area contributed by atoms with Crippen molar-refractivity contribution in [3.05, 3.63) is 57.8 Å². The molecule has 0 bridgehead atoms. The van der Waals surface area contributed by atoms with Gasteiger partial charge in [0.15, 0.2) is 0 Å². The first-order valence-corrected chi connectivity index (χ1v) is 6.97. The number of rotatable bonds is 6. The second kappa shape index (κ2) is 6.89. The Balaban J connectivity index is 2.06. The van der Waals surface area contributed by atoms with Gasteiger partial charge in [0.25, 0.3) is 5.56 Å². The zero-order valence-electron chi connectivity index (χ0n) is 12.5. The number of aromatic nitrogens is 2. The van der Waals surface area contributed by atoms with Gasteiger partial charge in [-0.3, -0.25) is 9.59 Å². The molecule has 0 aliphatic carbocycles. The van der Waals surface area contributed by atoms with Gasteiger partial charge in [0.1, 0.15) is 18.2 Å². The third-order valence-corrected chi connectivity index (χ3v) is 3.10. The average molecular weight is 302 g/mol. The molecule has 0 unspecified atom stereocenters. The Labute approximate surface area is 127 Å². The largest absolute Gasteiger partial charge is 0.486 e. The van der Waals surface area contributed by atoms with E-state index in [-0.39, 0.29) is 24.3 Å². The molecule has 1 heterocycles. The minimum atomic E-state index is -1.03. The Kier molecular flexibility index (Phi) is 4.93. The van der Waals surface area contributed by atoms with Crippen LogP contribution in [0, 0.1) is 0 Å². The van der Waals surface area contributed by atoms with Gasteiger partial charge in [-0.15, -0.1) is 0 Å². The quantitative estimate of drug-likeness (QED) is 0.852. The fraction of sp³-hybridized carbons (Fsp3) is 0.312. The lowest BCUT2D eigenvalue weighted by molar-refractivity contribution is -0.136. The maximum atomic E-state index is 11.5. The van der Waals surface area contributed by atoms with E-state index in [9.17, 15) is 9.59 Å². The van der Waals surface area contributed by atoms with Gasteiger partial charge in [0, 0.05) is 6.07 Å². The number of nitrogens with zero attached hydrogens (tertiary/aromatic N) is 1. The molecule has 0 radical (unpaired) electrons. The van der Waals surface area contributed by atoms with Crippen LogP contribution in [0.15, 0.2) is 35.1 Å². The van der Waals surface area contributed by atoms with Crippen molar-refractivity contribution in [2.24, 2.45) is 0 Å². The van der Waals surface area contributed by atoms with Gasteiger partial charge in [-0.1, -0.05) is 26.0 Å². The Bertz CT molecular complexity index is 705. The minimum Gasteiger partial charge on any atom is -0.486 e. The van der Waals surface area contributed by atoms with Crippen molar-refractivity contribution in [1.82, 2.24) is 9.97 Å². The van der Waals surface area contributed by atoms with Gasteiger partial charge in [0.2, 0.25) is 0 Å². The predicted molar refractivity (Wildman–Crippen MR) is 81.1 cm³/mol. The van der Waals surface area contributed by atoms with Crippen LogP contribution in [-0.4, -0.2) is 21.0 Å². The number of carbonyl (C=O) groups is 1. The number of aromatic amines is 1. The van der Waals surface area contributed by atoms with Crippen LogP contribution in [0.2, 0.25) is 0 Å². The van der Waals surface area contributed by atoms with Crippen molar-refractivity contribution in [2.45, 2.75) is 32.8 Å². The molecular formula is C16H18N2O4. The molecule has 0 aliphatic heterocycles. The SMILES string of the molecule is CC(C)c1ccc(OCc2nc(CC(=O)O)cc(=O)[nH]2)cc1. The Hall–Kier alpha value is -2.63. The summed E-state index contributed by atoms with van der Waals surface area (Å²) in [5, 5.41) is 8.74. The van der Waals surface area contributed by atoms with E-state index in [2.05, 4.69) is 23.8 Å². The van der Waals surface area contributed by atoms with Crippen LogP contribution in [0.25, 0.3) is 0 Å². The molecule has 22 heavy (non-hydrogen) atoms. The Morgan fingerprint density at radius 3 is 2.59 bits per heavy atom. The maximum absolute atomic E-state index is 11.5. The summed E-state index contributed by atoms with van der Waals surface area (Å²) in [7, 11) is 0. The molecule has 2 rings (SSSR count). The molecule has 2 aromatic rings. The Morgan fingerprint density at radius 1 is 1.32 bits per heavy atom. The molecule has 0 saturated heterocycles. The normalized spacial score (nSPS) is 10.7. The van der Waals surface area contributed by atoms with Crippen LogP contribution in [0.3, 0.4) is 0 Å². The van der Waals surface area contributed by atoms with E-state index >= 15 is 0 Å². The third kappa shape index (κ3) is 4.44. The Morgan fingerprint density at radius 2 is 2.00 bits per heavy atom. The lowest BCUT2D eigenvalue weighted by atomic mass is 10.0. The van der Waals surface area contributed by atoms with Crippen molar-refractivity contribution >= 4 is 5.97 Å². The number of carboxylic acid groups (broad SMARTS) is 1. The molecule has 0 atom stereocenters. The first-order valence-electron chi connectivity index (χ1n) is 6.97. The number of nitrogens with one attached hydrogen (secondary N) is 1. The van der Waals surface area contributed by atoms with Gasteiger partial charge in [-0.05, 0) is 23.6 Å². The maximum Gasteiger partial charge on any atom is 0.309 e. The first kappa shape index (κ1) is 15.8. The van der Waals surface area contributed by atoms with Crippen LogP contribution in [0.1, 0.15) is 36.8 Å². The lowest BCUT2D eigenvalue weighted by Gasteiger charge is -2.09. The van der Waals surface area contributed by atoms with Crippen molar-refractivity contribution in [1.29, 1.82) is 0 Å². The highest BCUT2D eigenvalue weighted by atomic mass is 16.5. The van der Waals surface area contributed by atoms with Gasteiger partial charge < -0.3 is 14.8 Å². The summed E-state index contributed by atoms with van der Waals surface area (Å²) in [6.45, 7) is 4.29. The van der Waals surface area contributed by atoms with E-state index in [4.69, 9.17) is 9.84 Å². The summed E-state index contributed by atoms with van der Waals surface area (Å²) in [4.78, 5) is 28.8. The molecule has 0 spiro atoms. The molecular weight excluding hydrogens is 284 g/mol. The molecule has 2 N–H and O–H groups in total. The highest BCUT2D eigenvalue weighted by Crippen LogP contribution is 2.19. The van der Waals surface area contributed by atoms with Gasteiger partial charge in [-0.2, -0.15) is 0 Å². The fourth-order valence-corrected chi connectivity index (χ4v) is 1.98. The number of aliphatic carboxylic acids is 1. The van der Waals surface area contributed by atoms with E-state index in [0.29, 0.717) is 17.5 Å². The topological polar surface area (TPSA) is 92.3 Å². The van der Waals surface area contributed by atoms with E-state index < -0.39 is 5.97 Å². The summed E-state index contributed by atoms with van der Waals surface area (Å²) in [5.41, 5.74) is 1.03. The molecule has 0 fully saturated rings. The van der Waals surface area contributed by atoms with E-state index in [1.807, 2.05) is 24.3 Å². The highest BCUT2D eigenvalue weighted by Gasteiger charge is 2.07. The fourth-order valence-electron chi connectivity index (χ4n) is 1.98. The van der Waals surface area contributed by atoms with Crippen LogP contribution < -0.4 is 10.3 Å². The molecule has 6 nitrogen and oxygen atoms in total. The zero-order chi connectivity index (χ0) is 16.1. The second-order valence-electron chi connectivity index (χ2n) is 5.27. The van der Waals surface area contributed by atoms with Crippen molar-refractivity contribution < 1.29 is 14.6 Å². The van der Waals surface area contributed by atoms with Crippen molar-refractivity contribution in [3.8, 4) is 5.75 Å². The second-order valence-corrected chi connectivity index (χ2v) is 5.27. The van der Waals surface area contributed by atoms with Crippen LogP contribution >= 0.6 is 0 Å². The summed E-state index contributed by atoms with van der Waals surface area (Å²) in [5.74, 6) is 0.376. The van der Waals surface area contributed by atoms with Crippen LogP contribution in [0.5, 0.6) is 5.75 Å². The highest BCUT2D eigenvalue weighted by molar-refractivity contribution is 5.69. The van der Waals surface area contributed by atoms with Gasteiger partial charge >= 0.3 is 5.97 Å². The molecule has 6 heteroatoms. The first-order chi connectivity index (χ1) is 10.4. The molecule has 116 valence electrons. The number of benzene rings is 1. The number of hydrogen-bond donors (Lipinski definition) is 2. The van der Waals surface area contributed by atoms with E-state index in [1.54, 1.807) is 0 Å². The minimum absolute atomic E-state index is 0.0731. The van der Waals surface area contributed by atoms with Crippen LogP contribution in [0.4, 0.5) is 0 Å². The number of hydrogen-bond acceptors (Lipinski definition) is 4. The zero-order valence-corrected chi connectivity index (χ0v) is 12.5. The van der Waals surface area contributed by atoms with Crippen molar-refractivity contribution in [3.63, 3.8) is 0 Å². The van der Waals surface area contributed by atoms with Crippen molar-refractivity contribution in [2.75, 3.05) is 0 Å². The summed E-state index contributed by atoms with van der Waals surface area (Å²) in [6, 6.07) is 8.85. The third-order valence-electron chi connectivity index (χ3n) is 3.10. The van der Waals surface area contributed by atoms with Gasteiger partial charge in [-0.25, -0.2) is 4.98 Å². The molecule has 1 aromatic heterocycles. The van der Waals surface area contributed by atoms with Crippen LogP contribution in [-0.2, 0) is 17.8 Å². The number of carboxylic acids is 1. The molecule has 0 amide bonds. The van der Waals surface area contributed by atoms with E-state index in [0.717, 1.165) is 0 Å². The lowest BCUT2D eigenvalue weighted by Crippen LogP contribution is -2.16. The predicted octanol–water partition coefficient (Wildman–Crippen LogP) is 2.10. The smallest absolute Gasteiger partial charge is 0.309 e. The average Bonchev–Trinajstić information content (AvgIpc) is 2.44. The number of H-pyrrole nitrogens is 1. The molecule has 1 aromatic carbocycles. The monoisotopic (exact) mass is 302 g/mol. The molecule has 0 aliphatic rings.